The molecule has 0 radical (unpaired) electrons. The maximum atomic E-state index is 11.7. The van der Waals surface area contributed by atoms with E-state index in [2.05, 4.69) is 36.6 Å². The van der Waals surface area contributed by atoms with Gasteiger partial charge in [-0.25, -0.2) is 0 Å². The van der Waals surface area contributed by atoms with Crippen LogP contribution in [0.25, 0.3) is 0 Å². The molecule has 2 rings (SSSR count). The molecule has 21 heavy (non-hydrogen) atoms. The summed E-state index contributed by atoms with van der Waals surface area (Å²) in [6.45, 7) is 7.71. The van der Waals surface area contributed by atoms with Crippen LogP contribution in [-0.2, 0) is 11.2 Å². The Balaban J connectivity index is 1.77. The van der Waals surface area contributed by atoms with E-state index >= 15 is 0 Å². The van der Waals surface area contributed by atoms with Gasteiger partial charge in [0.25, 0.3) is 0 Å². The fraction of sp³-hybridized carbons (Fsp3) is 0.588. The van der Waals surface area contributed by atoms with Crippen LogP contribution in [0.4, 0.5) is 0 Å². The maximum absolute atomic E-state index is 11.7. The quantitative estimate of drug-likeness (QED) is 0.811. The molecule has 0 aliphatic carbocycles. The highest BCUT2D eigenvalue weighted by molar-refractivity contribution is 5.76. The van der Waals surface area contributed by atoms with E-state index in [1.807, 2.05) is 13.0 Å². The molecule has 1 aromatic carbocycles. The lowest BCUT2D eigenvalue weighted by Crippen LogP contribution is -2.34. The third-order valence-corrected chi connectivity index (χ3v) is 4.04. The zero-order chi connectivity index (χ0) is 15.2. The van der Waals surface area contributed by atoms with Crippen molar-refractivity contribution >= 4 is 5.91 Å². The average molecular weight is 290 g/mol. The number of carbonyl (C=O) groups is 1. The number of amides is 1. The minimum atomic E-state index is 0.117. The normalized spacial score (nSPS) is 16.0. The van der Waals surface area contributed by atoms with E-state index in [9.17, 15) is 4.79 Å². The monoisotopic (exact) mass is 290 g/mol. The van der Waals surface area contributed by atoms with Crippen LogP contribution in [0.3, 0.4) is 0 Å². The van der Waals surface area contributed by atoms with Gasteiger partial charge in [0.15, 0.2) is 0 Å². The molecule has 1 heterocycles. The van der Waals surface area contributed by atoms with Crippen LogP contribution in [0.15, 0.2) is 18.2 Å². The Bertz CT molecular complexity index is 488. The van der Waals surface area contributed by atoms with E-state index in [-0.39, 0.29) is 18.0 Å². The van der Waals surface area contributed by atoms with Gasteiger partial charge in [-0.1, -0.05) is 19.1 Å². The van der Waals surface area contributed by atoms with Crippen LogP contribution in [0.1, 0.15) is 50.8 Å². The SMILES string of the molecule is CCC(C)NC(=O)CCNC(C)c1ccc2c(c1)CCO2. The molecule has 0 aromatic heterocycles. The molecule has 2 atom stereocenters. The summed E-state index contributed by atoms with van der Waals surface area (Å²) in [7, 11) is 0. The summed E-state index contributed by atoms with van der Waals surface area (Å²) >= 11 is 0. The topological polar surface area (TPSA) is 50.4 Å². The summed E-state index contributed by atoms with van der Waals surface area (Å²) in [5, 5.41) is 6.39. The van der Waals surface area contributed by atoms with Gasteiger partial charge in [-0.3, -0.25) is 4.79 Å². The summed E-state index contributed by atoms with van der Waals surface area (Å²) in [6.07, 6.45) is 2.47. The molecule has 4 heteroatoms. The number of nitrogens with one attached hydrogen (secondary N) is 2. The predicted octanol–water partition coefficient (Wildman–Crippen LogP) is 2.58. The first-order valence-corrected chi connectivity index (χ1v) is 7.88. The Hall–Kier alpha value is -1.55. The average Bonchev–Trinajstić information content (AvgIpc) is 2.94. The zero-order valence-corrected chi connectivity index (χ0v) is 13.2. The molecular formula is C17H26N2O2. The predicted molar refractivity (Wildman–Crippen MR) is 84.6 cm³/mol. The van der Waals surface area contributed by atoms with Crippen LogP contribution < -0.4 is 15.4 Å². The van der Waals surface area contributed by atoms with Gasteiger partial charge in [0, 0.05) is 31.5 Å². The lowest BCUT2D eigenvalue weighted by molar-refractivity contribution is -0.121. The molecule has 1 amide bonds. The van der Waals surface area contributed by atoms with Gasteiger partial charge >= 0.3 is 0 Å². The highest BCUT2D eigenvalue weighted by atomic mass is 16.5. The molecule has 1 aliphatic rings. The summed E-state index contributed by atoms with van der Waals surface area (Å²) in [5.41, 5.74) is 2.54. The van der Waals surface area contributed by atoms with Gasteiger partial charge < -0.3 is 15.4 Å². The van der Waals surface area contributed by atoms with Gasteiger partial charge in [0.05, 0.1) is 6.61 Å². The molecule has 2 N–H and O–H groups in total. The van der Waals surface area contributed by atoms with Crippen molar-refractivity contribution in [3.63, 3.8) is 0 Å². The lowest BCUT2D eigenvalue weighted by atomic mass is 10.0. The van der Waals surface area contributed by atoms with Crippen molar-refractivity contribution in [2.75, 3.05) is 13.2 Å². The van der Waals surface area contributed by atoms with E-state index in [0.717, 1.165) is 25.2 Å². The largest absolute Gasteiger partial charge is 0.493 e. The number of rotatable bonds is 7. The molecule has 0 saturated carbocycles. The van der Waals surface area contributed by atoms with Crippen molar-refractivity contribution in [3.05, 3.63) is 29.3 Å². The molecule has 2 unspecified atom stereocenters. The third-order valence-electron chi connectivity index (χ3n) is 4.04. The Morgan fingerprint density at radius 1 is 1.38 bits per heavy atom. The fourth-order valence-corrected chi connectivity index (χ4v) is 2.44. The number of carbonyl (C=O) groups excluding carboxylic acids is 1. The highest BCUT2D eigenvalue weighted by Crippen LogP contribution is 2.27. The van der Waals surface area contributed by atoms with Crippen LogP contribution in [-0.4, -0.2) is 25.1 Å². The Kier molecular flexibility index (Phi) is 5.62. The van der Waals surface area contributed by atoms with Gasteiger partial charge in [0.1, 0.15) is 5.75 Å². The Morgan fingerprint density at radius 3 is 2.95 bits per heavy atom. The third kappa shape index (κ3) is 4.46. The summed E-state index contributed by atoms with van der Waals surface area (Å²) < 4.78 is 5.52. The first kappa shape index (κ1) is 15.8. The molecule has 116 valence electrons. The van der Waals surface area contributed by atoms with E-state index in [1.54, 1.807) is 0 Å². The van der Waals surface area contributed by atoms with Crippen LogP contribution in [0.2, 0.25) is 0 Å². The lowest BCUT2D eigenvalue weighted by Gasteiger charge is -2.16. The molecule has 0 bridgehead atoms. The molecule has 0 saturated heterocycles. The van der Waals surface area contributed by atoms with E-state index in [4.69, 9.17) is 4.74 Å². The summed E-state index contributed by atoms with van der Waals surface area (Å²) in [4.78, 5) is 11.7. The van der Waals surface area contributed by atoms with Crippen LogP contribution >= 0.6 is 0 Å². The second-order valence-corrected chi connectivity index (χ2v) is 5.77. The van der Waals surface area contributed by atoms with Gasteiger partial charge in [-0.2, -0.15) is 0 Å². The molecule has 1 aliphatic heterocycles. The first-order valence-electron chi connectivity index (χ1n) is 7.88. The highest BCUT2D eigenvalue weighted by Gasteiger charge is 2.14. The smallest absolute Gasteiger partial charge is 0.221 e. The second-order valence-electron chi connectivity index (χ2n) is 5.77. The number of ether oxygens (including phenoxy) is 1. The van der Waals surface area contributed by atoms with Crippen molar-refractivity contribution in [1.29, 1.82) is 0 Å². The number of benzene rings is 1. The fourth-order valence-electron chi connectivity index (χ4n) is 2.44. The molecule has 1 aromatic rings. The summed E-state index contributed by atoms with van der Waals surface area (Å²) in [6, 6.07) is 6.85. The Morgan fingerprint density at radius 2 is 2.19 bits per heavy atom. The van der Waals surface area contributed by atoms with E-state index in [0.29, 0.717) is 13.0 Å². The van der Waals surface area contributed by atoms with E-state index in [1.165, 1.54) is 11.1 Å². The maximum Gasteiger partial charge on any atom is 0.221 e. The minimum absolute atomic E-state index is 0.117. The molecule has 0 spiro atoms. The number of hydrogen-bond acceptors (Lipinski definition) is 3. The van der Waals surface area contributed by atoms with Crippen molar-refractivity contribution in [2.45, 2.75) is 52.1 Å². The number of hydrogen-bond donors (Lipinski definition) is 2. The van der Waals surface area contributed by atoms with Gasteiger partial charge in [0.2, 0.25) is 5.91 Å². The van der Waals surface area contributed by atoms with Gasteiger partial charge in [-0.05, 0) is 37.5 Å². The minimum Gasteiger partial charge on any atom is -0.493 e. The van der Waals surface area contributed by atoms with Crippen molar-refractivity contribution in [3.8, 4) is 5.75 Å². The van der Waals surface area contributed by atoms with Crippen LogP contribution in [0, 0.1) is 0 Å². The van der Waals surface area contributed by atoms with Crippen molar-refractivity contribution < 1.29 is 9.53 Å². The van der Waals surface area contributed by atoms with Crippen molar-refractivity contribution in [1.82, 2.24) is 10.6 Å². The second kappa shape index (κ2) is 7.46. The molecule has 0 fully saturated rings. The summed E-state index contributed by atoms with van der Waals surface area (Å²) in [5.74, 6) is 1.13. The molecular weight excluding hydrogens is 264 g/mol. The molecule has 4 nitrogen and oxygen atoms in total. The first-order chi connectivity index (χ1) is 10.1. The van der Waals surface area contributed by atoms with Crippen LogP contribution in [0.5, 0.6) is 5.75 Å². The van der Waals surface area contributed by atoms with Crippen molar-refractivity contribution in [2.24, 2.45) is 0 Å². The van der Waals surface area contributed by atoms with E-state index < -0.39 is 0 Å². The standard InChI is InChI=1S/C17H26N2O2/c1-4-12(2)19-17(20)7-9-18-13(3)14-5-6-16-15(11-14)8-10-21-16/h5-6,11-13,18H,4,7-10H2,1-3H3,(H,19,20). The number of fused-ring (bicyclic) bond motifs is 1. The zero-order valence-electron chi connectivity index (χ0n) is 13.2. The van der Waals surface area contributed by atoms with Gasteiger partial charge in [-0.15, -0.1) is 0 Å². The Labute approximate surface area is 127 Å².